The second-order valence-corrected chi connectivity index (χ2v) is 8.41. The molecule has 1 N–H and O–H groups in total. The molecule has 2 heterocycles. The molecule has 0 spiro atoms. The minimum absolute atomic E-state index is 0.00472. The number of carbonyl (C=O) groups excluding carboxylic acids is 2. The number of carbonyl (C=O) groups is 2. The van der Waals surface area contributed by atoms with Crippen molar-refractivity contribution in [2.75, 3.05) is 18.9 Å². The summed E-state index contributed by atoms with van der Waals surface area (Å²) in [5.41, 5.74) is 1.84. The zero-order chi connectivity index (χ0) is 19.4. The summed E-state index contributed by atoms with van der Waals surface area (Å²) in [5, 5.41) is 6.13. The Hall–Kier alpha value is -2.45. The number of fused-ring (bicyclic) bond motifs is 1. The lowest BCUT2D eigenvalue weighted by Gasteiger charge is -2.20. The van der Waals surface area contributed by atoms with Crippen molar-refractivity contribution >= 4 is 50.8 Å². The van der Waals surface area contributed by atoms with Crippen molar-refractivity contribution in [3.05, 3.63) is 47.6 Å². The van der Waals surface area contributed by atoms with Crippen LogP contribution in [0.5, 0.6) is 0 Å². The summed E-state index contributed by atoms with van der Waals surface area (Å²) in [5.74, 6) is -0.352. The lowest BCUT2D eigenvalue weighted by atomic mass is 10.2. The number of aryl methyl sites for hydroxylation is 1. The Morgan fingerprint density at radius 2 is 1.96 bits per heavy atom. The molecule has 0 fully saturated rings. The lowest BCUT2D eigenvalue weighted by Crippen LogP contribution is -2.38. The molecule has 2 amide bonds. The minimum Gasteiger partial charge on any atom is -0.335 e. The van der Waals surface area contributed by atoms with Crippen LogP contribution >= 0.6 is 23.1 Å². The average molecular weight is 401 g/mol. The van der Waals surface area contributed by atoms with Gasteiger partial charge in [-0.1, -0.05) is 29.5 Å². The molecule has 0 aliphatic heterocycles. The summed E-state index contributed by atoms with van der Waals surface area (Å²) in [6.45, 7) is 3.80. The van der Waals surface area contributed by atoms with Crippen molar-refractivity contribution in [3.8, 4) is 0 Å². The molecule has 0 aliphatic rings. The smallest absolute Gasteiger partial charge is 0.243 e. The number of aromatic nitrogens is 2. The van der Waals surface area contributed by atoms with E-state index in [0.29, 0.717) is 0 Å². The van der Waals surface area contributed by atoms with Gasteiger partial charge in [-0.05, 0) is 37.4 Å². The highest BCUT2D eigenvalue weighted by Crippen LogP contribution is 2.30. The summed E-state index contributed by atoms with van der Waals surface area (Å²) in [4.78, 5) is 35.7. The number of benzene rings is 1. The summed E-state index contributed by atoms with van der Waals surface area (Å²) >= 11 is 2.92. The van der Waals surface area contributed by atoms with Gasteiger partial charge < -0.3 is 10.2 Å². The van der Waals surface area contributed by atoms with Crippen LogP contribution in [0.2, 0.25) is 0 Å². The highest BCUT2D eigenvalue weighted by molar-refractivity contribution is 8.00. The Morgan fingerprint density at radius 1 is 1.22 bits per heavy atom. The first-order valence-electron chi connectivity index (χ1n) is 8.40. The third kappa shape index (κ3) is 4.84. The number of nitrogens with zero attached hydrogens (tertiary/aromatic N) is 3. The van der Waals surface area contributed by atoms with Crippen LogP contribution in [0.1, 0.15) is 12.5 Å². The van der Waals surface area contributed by atoms with E-state index in [2.05, 4.69) is 15.3 Å². The van der Waals surface area contributed by atoms with E-state index in [1.54, 1.807) is 18.4 Å². The van der Waals surface area contributed by atoms with Crippen LogP contribution in [-0.2, 0) is 9.59 Å². The van der Waals surface area contributed by atoms with Gasteiger partial charge in [0, 0.05) is 18.1 Å². The number of likely N-dealkylation sites (N-methyl/N-ethyl adjacent to an activating group) is 1. The number of hydrogen-bond donors (Lipinski definition) is 1. The van der Waals surface area contributed by atoms with Crippen LogP contribution in [0.15, 0.2) is 47.1 Å². The van der Waals surface area contributed by atoms with Gasteiger partial charge in [-0.2, -0.15) is 0 Å². The predicted molar refractivity (Wildman–Crippen MR) is 110 cm³/mol. The van der Waals surface area contributed by atoms with Crippen molar-refractivity contribution in [2.45, 2.75) is 24.1 Å². The molecule has 2 aromatic heterocycles. The van der Waals surface area contributed by atoms with Gasteiger partial charge in [0.25, 0.3) is 0 Å². The fourth-order valence-corrected chi connectivity index (χ4v) is 4.33. The van der Waals surface area contributed by atoms with E-state index < -0.39 is 0 Å². The zero-order valence-corrected chi connectivity index (χ0v) is 16.9. The molecule has 0 unspecified atom stereocenters. The number of nitrogens with one attached hydrogen (secondary N) is 1. The lowest BCUT2D eigenvalue weighted by molar-refractivity contribution is -0.132. The van der Waals surface area contributed by atoms with Gasteiger partial charge in [-0.3, -0.25) is 9.59 Å². The number of amides is 2. The van der Waals surface area contributed by atoms with E-state index in [4.69, 9.17) is 0 Å². The molecule has 0 saturated heterocycles. The molecule has 0 bridgehead atoms. The standard InChI is InChI=1S/C19H20N4O2S2/c1-12-4-6-14(7-5-12)22-16(24)10-23(3)19(25)13(2)27-18-15-8-9-26-17(15)20-11-21-18/h4-9,11,13H,10H2,1-3H3,(H,22,24)/t13-/m1/s1. The van der Waals surface area contributed by atoms with E-state index in [-0.39, 0.29) is 23.6 Å². The maximum absolute atomic E-state index is 12.6. The fourth-order valence-electron chi connectivity index (χ4n) is 2.52. The van der Waals surface area contributed by atoms with Crippen LogP contribution in [0.3, 0.4) is 0 Å². The predicted octanol–water partition coefficient (Wildman–Crippen LogP) is 3.58. The Kier molecular flexibility index (Phi) is 6.08. The summed E-state index contributed by atoms with van der Waals surface area (Å²) in [7, 11) is 1.63. The summed E-state index contributed by atoms with van der Waals surface area (Å²) < 4.78 is 0. The van der Waals surface area contributed by atoms with Gasteiger partial charge >= 0.3 is 0 Å². The number of anilines is 1. The second-order valence-electron chi connectivity index (χ2n) is 6.19. The molecular formula is C19H20N4O2S2. The number of hydrogen-bond acceptors (Lipinski definition) is 6. The minimum atomic E-state index is -0.361. The van der Waals surface area contributed by atoms with Gasteiger partial charge in [-0.25, -0.2) is 9.97 Å². The maximum Gasteiger partial charge on any atom is 0.243 e. The summed E-state index contributed by atoms with van der Waals surface area (Å²) in [6.07, 6.45) is 1.51. The van der Waals surface area contributed by atoms with Crippen LogP contribution < -0.4 is 5.32 Å². The van der Waals surface area contributed by atoms with Crippen LogP contribution in [0, 0.1) is 6.92 Å². The molecule has 1 atom stereocenters. The quantitative estimate of drug-likeness (QED) is 0.506. The molecule has 0 aliphatic carbocycles. The van der Waals surface area contributed by atoms with E-state index in [1.165, 1.54) is 23.0 Å². The Balaban J connectivity index is 1.58. The van der Waals surface area contributed by atoms with Gasteiger partial charge in [0.05, 0.1) is 11.8 Å². The Morgan fingerprint density at radius 3 is 2.70 bits per heavy atom. The molecule has 0 saturated carbocycles. The first-order valence-corrected chi connectivity index (χ1v) is 10.2. The van der Waals surface area contributed by atoms with Crippen LogP contribution in [-0.4, -0.2) is 45.5 Å². The van der Waals surface area contributed by atoms with Crippen molar-refractivity contribution in [2.24, 2.45) is 0 Å². The highest BCUT2D eigenvalue weighted by atomic mass is 32.2. The number of rotatable bonds is 6. The first-order chi connectivity index (χ1) is 12.9. The molecule has 3 rings (SSSR count). The van der Waals surface area contributed by atoms with Gasteiger partial charge in [-0.15, -0.1) is 11.3 Å². The molecule has 27 heavy (non-hydrogen) atoms. The second kappa shape index (κ2) is 8.49. The highest BCUT2D eigenvalue weighted by Gasteiger charge is 2.22. The number of thiophene rings is 1. The van der Waals surface area contributed by atoms with Crippen LogP contribution in [0.4, 0.5) is 5.69 Å². The average Bonchev–Trinajstić information content (AvgIpc) is 3.12. The van der Waals surface area contributed by atoms with Gasteiger partial charge in [0.2, 0.25) is 11.8 Å². The first kappa shape index (κ1) is 19.3. The molecule has 3 aromatic rings. The van der Waals surface area contributed by atoms with E-state index >= 15 is 0 Å². The van der Waals surface area contributed by atoms with Crippen molar-refractivity contribution < 1.29 is 9.59 Å². The Bertz CT molecular complexity index is 956. The topological polar surface area (TPSA) is 75.2 Å². The van der Waals surface area contributed by atoms with Gasteiger partial charge in [0.15, 0.2) is 0 Å². The third-order valence-corrected chi connectivity index (χ3v) is 5.88. The molecule has 140 valence electrons. The zero-order valence-electron chi connectivity index (χ0n) is 15.3. The molecule has 6 nitrogen and oxygen atoms in total. The third-order valence-electron chi connectivity index (χ3n) is 3.95. The SMILES string of the molecule is Cc1ccc(NC(=O)CN(C)C(=O)[C@@H](C)Sc2ncnc3sccc23)cc1. The molecular weight excluding hydrogens is 380 g/mol. The fraction of sp³-hybridized carbons (Fsp3) is 0.263. The molecule has 1 aromatic carbocycles. The van der Waals surface area contributed by atoms with E-state index in [0.717, 1.165) is 26.5 Å². The largest absolute Gasteiger partial charge is 0.335 e. The van der Waals surface area contributed by atoms with Gasteiger partial charge in [0.1, 0.15) is 16.2 Å². The van der Waals surface area contributed by atoms with Crippen molar-refractivity contribution in [3.63, 3.8) is 0 Å². The normalized spacial score (nSPS) is 12.0. The van der Waals surface area contributed by atoms with E-state index in [1.807, 2.05) is 49.6 Å². The summed E-state index contributed by atoms with van der Waals surface area (Å²) in [6, 6.07) is 9.49. The molecule has 8 heteroatoms. The van der Waals surface area contributed by atoms with Crippen LogP contribution in [0.25, 0.3) is 10.2 Å². The van der Waals surface area contributed by atoms with Crippen molar-refractivity contribution in [1.82, 2.24) is 14.9 Å². The number of thioether (sulfide) groups is 1. The maximum atomic E-state index is 12.6. The van der Waals surface area contributed by atoms with E-state index in [9.17, 15) is 9.59 Å². The Labute approximate surface area is 166 Å². The van der Waals surface area contributed by atoms with Crippen molar-refractivity contribution in [1.29, 1.82) is 0 Å². The monoisotopic (exact) mass is 400 g/mol. The molecule has 0 radical (unpaired) electrons.